The van der Waals surface area contributed by atoms with E-state index < -0.39 is 18.5 Å². The number of hydrogen-bond donors (Lipinski definition) is 2. The summed E-state index contributed by atoms with van der Waals surface area (Å²) < 4.78 is 45.4. The molecule has 0 radical (unpaired) electrons. The van der Waals surface area contributed by atoms with Gasteiger partial charge in [-0.2, -0.15) is 18.3 Å². The first-order valence-corrected chi connectivity index (χ1v) is 11.3. The number of benzene rings is 2. The molecule has 36 heavy (non-hydrogen) atoms. The zero-order valence-electron chi connectivity index (χ0n) is 20.1. The van der Waals surface area contributed by atoms with Crippen LogP contribution < -0.4 is 15.8 Å². The highest BCUT2D eigenvalue weighted by atomic mass is 19.4. The summed E-state index contributed by atoms with van der Waals surface area (Å²) in [4.78, 5) is 16.1. The molecular weight excluding hydrogens is 471 g/mol. The van der Waals surface area contributed by atoms with Gasteiger partial charge in [0.15, 0.2) is 5.65 Å². The van der Waals surface area contributed by atoms with Crippen molar-refractivity contribution in [1.29, 1.82) is 0 Å². The van der Waals surface area contributed by atoms with Gasteiger partial charge in [0.2, 0.25) is 5.91 Å². The number of nitrogens with zero attached hydrogens (tertiary/aromatic N) is 3. The number of hydrogen-bond acceptors (Lipinski definition) is 5. The van der Waals surface area contributed by atoms with E-state index in [2.05, 4.69) is 10.3 Å². The number of amides is 1. The molecule has 0 fully saturated rings. The summed E-state index contributed by atoms with van der Waals surface area (Å²) in [7, 11) is 1.58. The molecule has 10 heteroatoms. The number of rotatable bonds is 8. The van der Waals surface area contributed by atoms with Crippen molar-refractivity contribution in [2.45, 2.75) is 32.4 Å². The Morgan fingerprint density at radius 3 is 2.64 bits per heavy atom. The summed E-state index contributed by atoms with van der Waals surface area (Å²) >= 11 is 0. The second kappa shape index (κ2) is 9.88. The standard InChI is InChI=1S/C26H26F3N5O2/c1-15-11-18(7-8-20(15)24(30)35)23-14-32-25-22(31-10-9-26(27,28)29)13-21(33-34(23)25)16(2)17-5-4-6-19(12-17)36-3/h4-8,11-14,16,31H,9-10H2,1-3H3,(H2,30,35). The molecule has 1 unspecified atom stereocenters. The predicted octanol–water partition coefficient (Wildman–Crippen LogP) is 5.33. The van der Waals surface area contributed by atoms with Crippen LogP contribution in [0.15, 0.2) is 54.7 Å². The SMILES string of the molecule is COc1cccc(C(C)c2cc(NCCC(F)(F)F)c3ncc(-c4ccc(C(N)=O)c(C)c4)n3n2)c1. The minimum Gasteiger partial charge on any atom is -0.497 e. The van der Waals surface area contributed by atoms with Gasteiger partial charge in [-0.25, -0.2) is 9.50 Å². The van der Waals surface area contributed by atoms with Gasteiger partial charge >= 0.3 is 6.18 Å². The van der Waals surface area contributed by atoms with Crippen molar-refractivity contribution in [3.8, 4) is 17.0 Å². The molecule has 0 bridgehead atoms. The van der Waals surface area contributed by atoms with Crippen molar-refractivity contribution in [1.82, 2.24) is 14.6 Å². The molecule has 2 aromatic heterocycles. The number of halogens is 3. The lowest BCUT2D eigenvalue weighted by Gasteiger charge is -2.16. The van der Waals surface area contributed by atoms with Gasteiger partial charge in [0, 0.05) is 23.6 Å². The molecule has 1 atom stereocenters. The average molecular weight is 498 g/mol. The minimum atomic E-state index is -4.28. The molecule has 2 heterocycles. The van der Waals surface area contributed by atoms with Gasteiger partial charge in [0.25, 0.3) is 0 Å². The van der Waals surface area contributed by atoms with Crippen LogP contribution in [0.3, 0.4) is 0 Å². The van der Waals surface area contributed by atoms with E-state index in [1.807, 2.05) is 31.2 Å². The summed E-state index contributed by atoms with van der Waals surface area (Å²) in [6.45, 7) is 3.44. The molecule has 0 aliphatic rings. The Morgan fingerprint density at radius 2 is 1.97 bits per heavy atom. The fraction of sp³-hybridized carbons (Fsp3) is 0.269. The second-order valence-corrected chi connectivity index (χ2v) is 8.55. The van der Waals surface area contributed by atoms with Crippen molar-refractivity contribution in [2.75, 3.05) is 19.0 Å². The number of aryl methyl sites for hydroxylation is 1. The molecule has 0 saturated heterocycles. The lowest BCUT2D eigenvalue weighted by atomic mass is 9.97. The Bertz CT molecular complexity index is 1410. The topological polar surface area (TPSA) is 94.5 Å². The van der Waals surface area contributed by atoms with Crippen molar-refractivity contribution in [3.63, 3.8) is 0 Å². The van der Waals surface area contributed by atoms with Crippen LogP contribution in [0.25, 0.3) is 16.9 Å². The van der Waals surface area contributed by atoms with Crippen LogP contribution in [-0.4, -0.2) is 40.3 Å². The third kappa shape index (κ3) is 5.27. The highest BCUT2D eigenvalue weighted by Crippen LogP contribution is 2.31. The highest BCUT2D eigenvalue weighted by Gasteiger charge is 2.26. The largest absolute Gasteiger partial charge is 0.497 e. The fourth-order valence-corrected chi connectivity index (χ4v) is 4.05. The van der Waals surface area contributed by atoms with Crippen LogP contribution in [-0.2, 0) is 0 Å². The van der Waals surface area contributed by atoms with Gasteiger partial charge in [-0.1, -0.05) is 25.1 Å². The molecule has 188 valence electrons. The number of nitrogens with one attached hydrogen (secondary N) is 1. The Morgan fingerprint density at radius 1 is 1.19 bits per heavy atom. The van der Waals surface area contributed by atoms with Crippen molar-refractivity contribution >= 4 is 17.2 Å². The maximum atomic E-state index is 12.8. The molecule has 0 saturated carbocycles. The van der Waals surface area contributed by atoms with E-state index >= 15 is 0 Å². The molecule has 2 aromatic carbocycles. The van der Waals surface area contributed by atoms with Crippen LogP contribution in [0.4, 0.5) is 18.9 Å². The summed E-state index contributed by atoms with van der Waals surface area (Å²) in [6, 6.07) is 14.5. The monoisotopic (exact) mass is 497 g/mol. The number of nitrogens with two attached hydrogens (primary N) is 1. The quantitative estimate of drug-likeness (QED) is 0.343. The normalized spacial score (nSPS) is 12.5. The van der Waals surface area contributed by atoms with Gasteiger partial charge in [0.05, 0.1) is 36.8 Å². The molecule has 4 aromatic rings. The van der Waals surface area contributed by atoms with Crippen LogP contribution in [0.1, 0.15) is 46.4 Å². The molecule has 4 rings (SSSR count). The first kappa shape index (κ1) is 25.0. The van der Waals surface area contributed by atoms with E-state index in [4.69, 9.17) is 15.6 Å². The van der Waals surface area contributed by atoms with Gasteiger partial charge in [-0.05, 0) is 48.4 Å². The number of ether oxygens (including phenoxy) is 1. The van der Waals surface area contributed by atoms with E-state index in [1.165, 1.54) is 0 Å². The zero-order valence-corrected chi connectivity index (χ0v) is 20.1. The molecule has 0 aliphatic carbocycles. The van der Waals surface area contributed by atoms with E-state index in [9.17, 15) is 18.0 Å². The van der Waals surface area contributed by atoms with E-state index in [0.29, 0.717) is 39.6 Å². The molecule has 0 aliphatic heterocycles. The van der Waals surface area contributed by atoms with Gasteiger partial charge in [-0.15, -0.1) is 0 Å². The summed E-state index contributed by atoms with van der Waals surface area (Å²) in [5.41, 5.74) is 10.3. The minimum absolute atomic E-state index is 0.193. The van der Waals surface area contributed by atoms with E-state index in [1.54, 1.807) is 49.0 Å². The number of carbonyl (C=O) groups excluding carboxylic acids is 1. The smallest absolute Gasteiger partial charge is 0.390 e. The number of anilines is 1. The number of fused-ring (bicyclic) bond motifs is 1. The first-order valence-electron chi connectivity index (χ1n) is 11.3. The summed E-state index contributed by atoms with van der Waals surface area (Å²) in [5.74, 6) is -0.0277. The lowest BCUT2D eigenvalue weighted by molar-refractivity contribution is -0.131. The Labute approximate surface area is 206 Å². The second-order valence-electron chi connectivity index (χ2n) is 8.55. The summed E-state index contributed by atoms with van der Waals surface area (Å²) in [6.07, 6.45) is -3.66. The highest BCUT2D eigenvalue weighted by molar-refractivity contribution is 5.94. The maximum absolute atomic E-state index is 12.8. The zero-order chi connectivity index (χ0) is 26.0. The lowest BCUT2D eigenvalue weighted by Crippen LogP contribution is -2.16. The molecule has 0 spiro atoms. The van der Waals surface area contributed by atoms with Crippen LogP contribution in [0.5, 0.6) is 5.75 Å². The van der Waals surface area contributed by atoms with Crippen molar-refractivity contribution in [2.24, 2.45) is 5.73 Å². The average Bonchev–Trinajstić information content (AvgIpc) is 3.26. The third-order valence-corrected chi connectivity index (χ3v) is 6.04. The molecule has 1 amide bonds. The van der Waals surface area contributed by atoms with E-state index in [0.717, 1.165) is 11.1 Å². The van der Waals surface area contributed by atoms with Gasteiger partial charge in [-0.3, -0.25) is 4.79 Å². The van der Waals surface area contributed by atoms with Crippen molar-refractivity contribution in [3.05, 3.63) is 77.1 Å². The molecule has 3 N–H and O–H groups in total. The third-order valence-electron chi connectivity index (χ3n) is 6.04. The maximum Gasteiger partial charge on any atom is 0.390 e. The van der Waals surface area contributed by atoms with Gasteiger partial charge < -0.3 is 15.8 Å². The number of methoxy groups -OCH3 is 1. The van der Waals surface area contributed by atoms with Crippen LogP contribution in [0, 0.1) is 6.92 Å². The van der Waals surface area contributed by atoms with E-state index in [-0.39, 0.29) is 12.5 Å². The Kier molecular flexibility index (Phi) is 6.87. The van der Waals surface area contributed by atoms with Crippen LogP contribution in [0.2, 0.25) is 0 Å². The Hall–Kier alpha value is -4.08. The Balaban J connectivity index is 1.82. The number of primary amides is 1. The van der Waals surface area contributed by atoms with Crippen LogP contribution >= 0.6 is 0 Å². The number of alkyl halides is 3. The fourth-order valence-electron chi connectivity index (χ4n) is 4.05. The number of imidazole rings is 1. The van der Waals surface area contributed by atoms with Gasteiger partial charge in [0.1, 0.15) is 5.75 Å². The molecular formula is C26H26F3N5O2. The first-order chi connectivity index (χ1) is 17.1. The summed E-state index contributed by atoms with van der Waals surface area (Å²) in [5, 5.41) is 7.69. The number of aromatic nitrogens is 3. The number of carbonyl (C=O) groups is 1. The molecule has 7 nitrogen and oxygen atoms in total. The predicted molar refractivity (Wildman–Crippen MR) is 131 cm³/mol. The van der Waals surface area contributed by atoms with Crippen molar-refractivity contribution < 1.29 is 22.7 Å².